The van der Waals surface area contributed by atoms with E-state index in [4.69, 9.17) is 5.73 Å². The topological polar surface area (TPSA) is 124 Å². The quantitative estimate of drug-likeness (QED) is 0.484. The van der Waals surface area contributed by atoms with Crippen LogP contribution >= 0.6 is 0 Å². The third-order valence-electron chi connectivity index (χ3n) is 2.54. The van der Waals surface area contributed by atoms with Gasteiger partial charge in [0.2, 0.25) is 0 Å². The summed E-state index contributed by atoms with van der Waals surface area (Å²) in [5.41, 5.74) is 6.06. The van der Waals surface area contributed by atoms with Gasteiger partial charge in [-0.2, -0.15) is 0 Å². The molecular weight excluding hydrogens is 262 g/mol. The number of nitro benzene ring substituents is 1. The highest BCUT2D eigenvalue weighted by Gasteiger charge is 2.20. The normalized spacial score (nSPS) is 10.0. The summed E-state index contributed by atoms with van der Waals surface area (Å²) < 4.78 is 0. The van der Waals surface area contributed by atoms with E-state index in [0.717, 1.165) is 0 Å². The summed E-state index contributed by atoms with van der Waals surface area (Å²) >= 11 is 0. The molecule has 0 saturated carbocycles. The Morgan fingerprint density at radius 1 is 1.40 bits per heavy atom. The second-order valence-electron chi connectivity index (χ2n) is 3.92. The molecule has 0 aliphatic heterocycles. The molecule has 0 fully saturated rings. The first-order valence-electron chi connectivity index (χ1n) is 5.65. The van der Waals surface area contributed by atoms with E-state index in [1.165, 1.54) is 30.7 Å². The summed E-state index contributed by atoms with van der Waals surface area (Å²) in [7, 11) is 0. The van der Waals surface area contributed by atoms with Crippen LogP contribution in [0.15, 0.2) is 36.8 Å². The molecule has 0 aliphatic carbocycles. The van der Waals surface area contributed by atoms with Crippen LogP contribution in [0, 0.1) is 10.1 Å². The number of carbonyl (C=O) groups is 1. The number of nitrogens with one attached hydrogen (secondary N) is 1. The monoisotopic (exact) mass is 273 g/mol. The zero-order valence-electron chi connectivity index (χ0n) is 10.3. The third kappa shape index (κ3) is 3.05. The second-order valence-corrected chi connectivity index (χ2v) is 3.92. The van der Waals surface area contributed by atoms with Gasteiger partial charge in [0, 0.05) is 18.0 Å². The summed E-state index contributed by atoms with van der Waals surface area (Å²) in [6.07, 6.45) is 2.89. The van der Waals surface area contributed by atoms with Gasteiger partial charge in [-0.25, -0.2) is 9.97 Å². The van der Waals surface area contributed by atoms with Gasteiger partial charge < -0.3 is 11.1 Å². The first-order chi connectivity index (χ1) is 9.58. The fourth-order valence-corrected chi connectivity index (χ4v) is 1.58. The molecule has 0 spiro atoms. The molecule has 20 heavy (non-hydrogen) atoms. The van der Waals surface area contributed by atoms with Gasteiger partial charge in [0.1, 0.15) is 11.9 Å². The Bertz CT molecular complexity index is 645. The Labute approximate surface area is 113 Å². The predicted octanol–water partition coefficient (Wildman–Crippen LogP) is 0.897. The lowest BCUT2D eigenvalue weighted by molar-refractivity contribution is -0.385. The largest absolute Gasteiger partial charge is 0.399 e. The Morgan fingerprint density at radius 2 is 2.20 bits per heavy atom. The van der Waals surface area contributed by atoms with Crippen LogP contribution in [0.3, 0.4) is 0 Å². The average molecular weight is 273 g/mol. The zero-order chi connectivity index (χ0) is 14.5. The summed E-state index contributed by atoms with van der Waals surface area (Å²) in [5, 5.41) is 13.4. The number of nitrogen functional groups attached to an aromatic ring is 1. The van der Waals surface area contributed by atoms with Crippen LogP contribution in [-0.4, -0.2) is 20.8 Å². The number of hydrogen-bond donors (Lipinski definition) is 2. The molecule has 1 aromatic carbocycles. The molecule has 2 aromatic rings. The summed E-state index contributed by atoms with van der Waals surface area (Å²) in [6.45, 7) is 0.146. The SMILES string of the molecule is Nc1ccc([N+](=O)[O-])c(C(=O)NCc2ccncn2)c1. The van der Waals surface area contributed by atoms with E-state index in [-0.39, 0.29) is 23.5 Å². The van der Waals surface area contributed by atoms with Crippen molar-refractivity contribution in [3.05, 3.63) is 58.2 Å². The van der Waals surface area contributed by atoms with Crippen molar-refractivity contribution in [3.63, 3.8) is 0 Å². The first-order valence-corrected chi connectivity index (χ1v) is 5.65. The minimum absolute atomic E-state index is 0.0796. The van der Waals surface area contributed by atoms with E-state index in [1.54, 1.807) is 6.07 Å². The van der Waals surface area contributed by atoms with Crippen molar-refractivity contribution < 1.29 is 9.72 Å². The molecule has 102 valence electrons. The van der Waals surface area contributed by atoms with Gasteiger partial charge in [-0.15, -0.1) is 0 Å². The van der Waals surface area contributed by atoms with Crippen molar-refractivity contribution in [2.24, 2.45) is 0 Å². The summed E-state index contributed by atoms with van der Waals surface area (Å²) in [4.78, 5) is 29.9. The summed E-state index contributed by atoms with van der Waals surface area (Å²) in [5.74, 6) is -0.581. The smallest absolute Gasteiger partial charge is 0.282 e. The molecule has 0 bridgehead atoms. The number of aromatic nitrogens is 2. The van der Waals surface area contributed by atoms with E-state index in [9.17, 15) is 14.9 Å². The third-order valence-corrected chi connectivity index (χ3v) is 2.54. The highest BCUT2D eigenvalue weighted by Crippen LogP contribution is 2.21. The lowest BCUT2D eigenvalue weighted by Gasteiger charge is -2.06. The van der Waals surface area contributed by atoms with Crippen LogP contribution in [0.1, 0.15) is 16.1 Å². The number of hydrogen-bond acceptors (Lipinski definition) is 6. The highest BCUT2D eigenvalue weighted by molar-refractivity contribution is 5.98. The Hall–Kier alpha value is -3.03. The maximum absolute atomic E-state index is 12.0. The highest BCUT2D eigenvalue weighted by atomic mass is 16.6. The van der Waals surface area contributed by atoms with Crippen LogP contribution in [0.2, 0.25) is 0 Å². The van der Waals surface area contributed by atoms with E-state index < -0.39 is 10.8 Å². The van der Waals surface area contributed by atoms with Crippen LogP contribution in [-0.2, 0) is 6.54 Å². The molecule has 2 rings (SSSR count). The Kier molecular flexibility index (Phi) is 3.85. The lowest BCUT2D eigenvalue weighted by atomic mass is 10.1. The fourth-order valence-electron chi connectivity index (χ4n) is 1.58. The maximum atomic E-state index is 12.0. The number of nitro groups is 1. The zero-order valence-corrected chi connectivity index (χ0v) is 10.3. The fraction of sp³-hybridized carbons (Fsp3) is 0.0833. The van der Waals surface area contributed by atoms with Crippen molar-refractivity contribution >= 4 is 17.3 Å². The number of anilines is 1. The van der Waals surface area contributed by atoms with Crippen molar-refractivity contribution in [2.45, 2.75) is 6.54 Å². The predicted molar refractivity (Wildman–Crippen MR) is 70.7 cm³/mol. The Balaban J connectivity index is 2.17. The lowest BCUT2D eigenvalue weighted by Crippen LogP contribution is -2.24. The first kappa shape index (κ1) is 13.4. The minimum atomic E-state index is -0.626. The minimum Gasteiger partial charge on any atom is -0.399 e. The van der Waals surface area contributed by atoms with Crippen molar-refractivity contribution in [1.82, 2.24) is 15.3 Å². The molecule has 0 aliphatic rings. The van der Waals surface area contributed by atoms with Crippen molar-refractivity contribution in [3.8, 4) is 0 Å². The van der Waals surface area contributed by atoms with Gasteiger partial charge in [0.15, 0.2) is 0 Å². The van der Waals surface area contributed by atoms with E-state index in [0.29, 0.717) is 5.69 Å². The van der Waals surface area contributed by atoms with Crippen molar-refractivity contribution in [1.29, 1.82) is 0 Å². The molecule has 0 radical (unpaired) electrons. The number of rotatable bonds is 4. The molecule has 1 aromatic heterocycles. The molecule has 8 heteroatoms. The number of amides is 1. The number of nitrogens with two attached hydrogens (primary N) is 1. The number of benzene rings is 1. The Morgan fingerprint density at radius 3 is 2.85 bits per heavy atom. The van der Waals surface area contributed by atoms with E-state index in [1.807, 2.05) is 0 Å². The molecule has 8 nitrogen and oxygen atoms in total. The molecule has 0 saturated heterocycles. The number of carbonyl (C=O) groups excluding carboxylic acids is 1. The molecule has 0 unspecified atom stereocenters. The second kappa shape index (κ2) is 5.74. The van der Waals surface area contributed by atoms with Gasteiger partial charge in [0.05, 0.1) is 17.2 Å². The molecule has 1 heterocycles. The van der Waals surface area contributed by atoms with Crippen LogP contribution in [0.4, 0.5) is 11.4 Å². The van der Waals surface area contributed by atoms with Gasteiger partial charge in [-0.3, -0.25) is 14.9 Å². The van der Waals surface area contributed by atoms with Gasteiger partial charge in [-0.1, -0.05) is 0 Å². The maximum Gasteiger partial charge on any atom is 0.282 e. The van der Waals surface area contributed by atoms with E-state index >= 15 is 0 Å². The molecule has 0 atom stereocenters. The summed E-state index contributed by atoms with van der Waals surface area (Å²) in [6, 6.07) is 5.48. The van der Waals surface area contributed by atoms with Crippen LogP contribution in [0.5, 0.6) is 0 Å². The van der Waals surface area contributed by atoms with Crippen molar-refractivity contribution in [2.75, 3.05) is 5.73 Å². The van der Waals surface area contributed by atoms with Gasteiger partial charge in [-0.05, 0) is 18.2 Å². The number of nitrogens with zero attached hydrogens (tertiary/aromatic N) is 3. The van der Waals surface area contributed by atoms with Crippen LogP contribution in [0.25, 0.3) is 0 Å². The molecule has 1 amide bonds. The van der Waals surface area contributed by atoms with Gasteiger partial charge in [0.25, 0.3) is 11.6 Å². The van der Waals surface area contributed by atoms with Crippen LogP contribution < -0.4 is 11.1 Å². The van der Waals surface area contributed by atoms with Gasteiger partial charge >= 0.3 is 0 Å². The average Bonchev–Trinajstić information content (AvgIpc) is 2.45. The standard InChI is InChI=1S/C12H11N5O3/c13-8-1-2-11(17(19)20)10(5-8)12(18)15-6-9-3-4-14-7-16-9/h1-5,7H,6,13H2,(H,15,18). The molecular formula is C12H11N5O3. The molecule has 3 N–H and O–H groups in total. The van der Waals surface area contributed by atoms with E-state index in [2.05, 4.69) is 15.3 Å².